The highest BCUT2D eigenvalue weighted by molar-refractivity contribution is 5.80. The molecular formula is C23H26FN5O2. The minimum Gasteiger partial charge on any atom is -0.344 e. The minimum absolute atomic E-state index is 0.0912. The monoisotopic (exact) mass is 423 g/mol. The van der Waals surface area contributed by atoms with Gasteiger partial charge in [0.05, 0.1) is 6.54 Å². The lowest BCUT2D eigenvalue weighted by Gasteiger charge is -2.24. The molecule has 1 atom stereocenters. The Morgan fingerprint density at radius 3 is 2.87 bits per heavy atom. The van der Waals surface area contributed by atoms with Gasteiger partial charge in [-0.2, -0.15) is 5.10 Å². The lowest BCUT2D eigenvalue weighted by molar-refractivity contribution is -0.133. The van der Waals surface area contributed by atoms with E-state index in [9.17, 15) is 14.0 Å². The van der Waals surface area contributed by atoms with Crippen LogP contribution >= 0.6 is 0 Å². The first-order chi connectivity index (χ1) is 15.0. The molecule has 0 spiro atoms. The number of halogens is 1. The second kappa shape index (κ2) is 9.24. The maximum Gasteiger partial charge on any atom is 0.346 e. The Labute approximate surface area is 180 Å². The van der Waals surface area contributed by atoms with E-state index in [-0.39, 0.29) is 24.0 Å². The number of hydrogen-bond donors (Lipinski definition) is 0. The van der Waals surface area contributed by atoms with Crippen LogP contribution in [0.2, 0.25) is 0 Å². The van der Waals surface area contributed by atoms with Gasteiger partial charge in [-0.3, -0.25) is 14.3 Å². The lowest BCUT2D eigenvalue weighted by Crippen LogP contribution is -2.40. The summed E-state index contributed by atoms with van der Waals surface area (Å²) in [4.78, 5) is 32.4. The summed E-state index contributed by atoms with van der Waals surface area (Å²) in [6.45, 7) is 0.695. The van der Waals surface area contributed by atoms with E-state index in [2.05, 4.69) is 10.1 Å². The molecule has 0 saturated heterocycles. The molecule has 1 aromatic carbocycles. The number of carbonyl (C=O) groups is 1. The minimum atomic E-state index is -0.569. The van der Waals surface area contributed by atoms with Crippen molar-refractivity contribution in [1.29, 1.82) is 0 Å². The summed E-state index contributed by atoms with van der Waals surface area (Å²) in [5.74, 6) is 0.177. The van der Waals surface area contributed by atoms with Crippen LogP contribution in [0.3, 0.4) is 0 Å². The molecule has 0 N–H and O–H groups in total. The van der Waals surface area contributed by atoms with Gasteiger partial charge in [0.1, 0.15) is 17.7 Å². The Balaban J connectivity index is 1.55. The van der Waals surface area contributed by atoms with E-state index in [0.717, 1.165) is 18.5 Å². The van der Waals surface area contributed by atoms with E-state index in [1.807, 2.05) is 18.2 Å². The topological polar surface area (TPSA) is 73.0 Å². The summed E-state index contributed by atoms with van der Waals surface area (Å²) in [5, 5.41) is 4.48. The molecule has 7 nitrogen and oxygen atoms in total. The number of aryl methyl sites for hydroxylation is 1. The van der Waals surface area contributed by atoms with E-state index >= 15 is 0 Å². The van der Waals surface area contributed by atoms with Crippen molar-refractivity contribution in [3.05, 3.63) is 82.0 Å². The van der Waals surface area contributed by atoms with Crippen molar-refractivity contribution in [1.82, 2.24) is 24.2 Å². The lowest BCUT2D eigenvalue weighted by atomic mass is 10.1. The fraction of sp³-hybridized carbons (Fsp3) is 0.391. The molecule has 0 radical (unpaired) electrons. The molecule has 0 bridgehead atoms. The third kappa shape index (κ3) is 4.73. The first-order valence-corrected chi connectivity index (χ1v) is 10.6. The average Bonchev–Trinajstić information content (AvgIpc) is 2.94. The number of nitrogens with zero attached hydrogens (tertiary/aromatic N) is 5. The summed E-state index contributed by atoms with van der Waals surface area (Å²) in [6.07, 6.45) is 5.37. The first-order valence-electron chi connectivity index (χ1n) is 10.6. The summed E-state index contributed by atoms with van der Waals surface area (Å²) >= 11 is 0. The van der Waals surface area contributed by atoms with Gasteiger partial charge >= 0.3 is 5.69 Å². The molecule has 1 aliphatic heterocycles. The third-order valence-electron chi connectivity index (χ3n) is 5.69. The summed E-state index contributed by atoms with van der Waals surface area (Å²) in [5.41, 5.74) is 1.26. The number of aromatic nitrogens is 4. The fourth-order valence-electron chi connectivity index (χ4n) is 4.04. The molecule has 0 saturated carbocycles. The van der Waals surface area contributed by atoms with Gasteiger partial charge in [0.25, 0.3) is 0 Å². The van der Waals surface area contributed by atoms with Crippen molar-refractivity contribution in [3.63, 3.8) is 0 Å². The molecular weight excluding hydrogens is 397 g/mol. The van der Waals surface area contributed by atoms with E-state index < -0.39 is 6.04 Å². The van der Waals surface area contributed by atoms with Crippen molar-refractivity contribution in [2.45, 2.75) is 44.7 Å². The molecule has 1 unspecified atom stereocenters. The Kier molecular flexibility index (Phi) is 6.25. The Morgan fingerprint density at radius 1 is 1.23 bits per heavy atom. The zero-order valence-electron chi connectivity index (χ0n) is 17.6. The van der Waals surface area contributed by atoms with Gasteiger partial charge in [-0.25, -0.2) is 13.9 Å². The van der Waals surface area contributed by atoms with Gasteiger partial charge in [-0.05, 0) is 42.7 Å². The Bertz CT molecular complexity index is 1110. The highest BCUT2D eigenvalue weighted by Crippen LogP contribution is 2.23. The first kappa shape index (κ1) is 21.0. The normalized spacial score (nSPS) is 15.9. The smallest absolute Gasteiger partial charge is 0.344 e. The molecule has 8 heteroatoms. The molecule has 1 aliphatic rings. The van der Waals surface area contributed by atoms with Crippen molar-refractivity contribution >= 4 is 5.91 Å². The Hall–Kier alpha value is -3.29. The van der Waals surface area contributed by atoms with E-state index in [0.29, 0.717) is 37.2 Å². The summed E-state index contributed by atoms with van der Waals surface area (Å²) < 4.78 is 16.4. The van der Waals surface area contributed by atoms with Gasteiger partial charge in [-0.1, -0.05) is 24.6 Å². The standard InChI is InChI=1S/C23H26FN5O2/c1-27(14-12-19-9-4-5-13-25-19)22(30)20-10-2-3-11-21-26-28(23(31)29(20)21)16-17-7-6-8-18(24)15-17/h4-9,13,15,20H,2-3,10-12,14,16H2,1H3. The van der Waals surface area contributed by atoms with Crippen LogP contribution in [0.5, 0.6) is 0 Å². The van der Waals surface area contributed by atoms with Crippen LogP contribution in [0.15, 0.2) is 53.5 Å². The van der Waals surface area contributed by atoms with E-state index in [1.165, 1.54) is 16.8 Å². The number of fused-ring (bicyclic) bond motifs is 1. The summed E-state index contributed by atoms with van der Waals surface area (Å²) in [7, 11) is 1.76. The maximum absolute atomic E-state index is 13.5. The predicted molar refractivity (Wildman–Crippen MR) is 114 cm³/mol. The SMILES string of the molecule is CN(CCc1ccccn1)C(=O)C1CCCCc2nn(Cc3cccc(F)c3)c(=O)n21. The zero-order chi connectivity index (χ0) is 21.8. The molecule has 31 heavy (non-hydrogen) atoms. The molecule has 3 aromatic rings. The van der Waals surface area contributed by atoms with Gasteiger partial charge < -0.3 is 4.90 Å². The highest BCUT2D eigenvalue weighted by atomic mass is 19.1. The zero-order valence-corrected chi connectivity index (χ0v) is 17.6. The van der Waals surface area contributed by atoms with E-state index in [4.69, 9.17) is 0 Å². The quantitative estimate of drug-likeness (QED) is 0.611. The van der Waals surface area contributed by atoms with Crippen molar-refractivity contribution < 1.29 is 9.18 Å². The van der Waals surface area contributed by atoms with Crippen LogP contribution in [0.4, 0.5) is 4.39 Å². The second-order valence-electron chi connectivity index (χ2n) is 7.95. The van der Waals surface area contributed by atoms with Gasteiger partial charge in [0.15, 0.2) is 0 Å². The third-order valence-corrected chi connectivity index (χ3v) is 5.69. The number of amides is 1. The van der Waals surface area contributed by atoms with Gasteiger partial charge in [0.2, 0.25) is 5.91 Å². The van der Waals surface area contributed by atoms with Crippen LogP contribution in [-0.2, 0) is 24.2 Å². The van der Waals surface area contributed by atoms with Crippen LogP contribution in [-0.4, -0.2) is 43.7 Å². The molecule has 2 aromatic heterocycles. The van der Waals surface area contributed by atoms with Crippen LogP contribution in [0.1, 0.15) is 42.4 Å². The number of carbonyl (C=O) groups excluding carboxylic acids is 1. The predicted octanol–water partition coefficient (Wildman–Crippen LogP) is 2.60. The molecule has 0 fully saturated rings. The Morgan fingerprint density at radius 2 is 2.10 bits per heavy atom. The largest absolute Gasteiger partial charge is 0.346 e. The van der Waals surface area contributed by atoms with Crippen molar-refractivity contribution in [2.24, 2.45) is 0 Å². The summed E-state index contributed by atoms with van der Waals surface area (Å²) in [6, 6.07) is 11.3. The second-order valence-corrected chi connectivity index (χ2v) is 7.95. The van der Waals surface area contributed by atoms with Crippen LogP contribution in [0, 0.1) is 5.82 Å². The van der Waals surface area contributed by atoms with Gasteiger partial charge in [-0.15, -0.1) is 0 Å². The highest BCUT2D eigenvalue weighted by Gasteiger charge is 2.31. The molecule has 1 amide bonds. The average molecular weight is 423 g/mol. The van der Waals surface area contributed by atoms with E-state index in [1.54, 1.807) is 34.8 Å². The molecule has 162 valence electrons. The van der Waals surface area contributed by atoms with Crippen molar-refractivity contribution in [2.75, 3.05) is 13.6 Å². The fourth-order valence-corrected chi connectivity index (χ4v) is 4.04. The van der Waals surface area contributed by atoms with Crippen LogP contribution < -0.4 is 5.69 Å². The number of hydrogen-bond acceptors (Lipinski definition) is 4. The van der Waals surface area contributed by atoms with Crippen LogP contribution in [0.25, 0.3) is 0 Å². The van der Waals surface area contributed by atoms with Crippen molar-refractivity contribution in [3.8, 4) is 0 Å². The number of benzene rings is 1. The number of rotatable bonds is 6. The molecule has 4 rings (SSSR count). The maximum atomic E-state index is 13.5. The van der Waals surface area contributed by atoms with Gasteiger partial charge in [0, 0.05) is 38.3 Å². The molecule has 3 heterocycles. The number of pyridine rings is 1. The molecule has 0 aliphatic carbocycles. The number of likely N-dealkylation sites (N-methyl/N-ethyl adjacent to an activating group) is 1.